The smallest absolute Gasteiger partial charge is 0.138 e. The standard InChI is InChI=1S/C8H12N2O/c1-10(2)6-7-3-4-9-5-8(7)11/h3-5,11H,6H2,1-2H3. The third-order valence-electron chi connectivity index (χ3n) is 1.37. The van der Waals surface area contributed by atoms with Gasteiger partial charge in [-0.15, -0.1) is 0 Å². The average molecular weight is 152 g/mol. The molecule has 0 aromatic carbocycles. The highest BCUT2D eigenvalue weighted by molar-refractivity contribution is 5.27. The lowest BCUT2D eigenvalue weighted by Gasteiger charge is -2.09. The van der Waals surface area contributed by atoms with Gasteiger partial charge in [0.2, 0.25) is 0 Å². The molecule has 1 heterocycles. The zero-order chi connectivity index (χ0) is 8.27. The molecule has 0 aliphatic carbocycles. The summed E-state index contributed by atoms with van der Waals surface area (Å²) >= 11 is 0. The molecule has 0 amide bonds. The first-order chi connectivity index (χ1) is 5.20. The van der Waals surface area contributed by atoms with Gasteiger partial charge in [-0.3, -0.25) is 4.98 Å². The van der Waals surface area contributed by atoms with Crippen LogP contribution in [0.2, 0.25) is 0 Å². The van der Waals surface area contributed by atoms with Crippen LogP contribution in [0.5, 0.6) is 5.75 Å². The van der Waals surface area contributed by atoms with Gasteiger partial charge in [-0.2, -0.15) is 0 Å². The first-order valence-corrected chi connectivity index (χ1v) is 3.46. The van der Waals surface area contributed by atoms with Gasteiger partial charge in [-0.05, 0) is 20.2 Å². The van der Waals surface area contributed by atoms with Gasteiger partial charge in [0.05, 0.1) is 6.20 Å². The summed E-state index contributed by atoms with van der Waals surface area (Å²) in [6, 6.07) is 1.81. The van der Waals surface area contributed by atoms with Gasteiger partial charge in [0.25, 0.3) is 0 Å². The van der Waals surface area contributed by atoms with E-state index >= 15 is 0 Å². The van der Waals surface area contributed by atoms with E-state index in [4.69, 9.17) is 0 Å². The van der Waals surface area contributed by atoms with Crippen LogP contribution in [0.4, 0.5) is 0 Å². The molecule has 0 spiro atoms. The number of hydrogen-bond acceptors (Lipinski definition) is 3. The number of aromatic hydroxyl groups is 1. The minimum atomic E-state index is 0.265. The second-order valence-electron chi connectivity index (χ2n) is 2.74. The first kappa shape index (κ1) is 8.01. The fourth-order valence-electron chi connectivity index (χ4n) is 0.889. The van der Waals surface area contributed by atoms with Gasteiger partial charge in [-0.1, -0.05) is 0 Å². The maximum Gasteiger partial charge on any atom is 0.138 e. The van der Waals surface area contributed by atoms with Crippen molar-refractivity contribution in [2.75, 3.05) is 14.1 Å². The number of hydrogen-bond donors (Lipinski definition) is 1. The van der Waals surface area contributed by atoms with E-state index in [-0.39, 0.29) is 5.75 Å². The highest BCUT2D eigenvalue weighted by Gasteiger charge is 1.99. The minimum absolute atomic E-state index is 0.265. The van der Waals surface area contributed by atoms with Gasteiger partial charge in [-0.25, -0.2) is 0 Å². The number of pyridine rings is 1. The molecule has 0 saturated heterocycles. The summed E-state index contributed by atoms with van der Waals surface area (Å²) in [5.74, 6) is 0.265. The van der Waals surface area contributed by atoms with Crippen molar-refractivity contribution in [3.63, 3.8) is 0 Å². The second kappa shape index (κ2) is 3.34. The van der Waals surface area contributed by atoms with Crippen LogP contribution in [0.15, 0.2) is 18.5 Å². The van der Waals surface area contributed by atoms with Crippen molar-refractivity contribution in [2.45, 2.75) is 6.54 Å². The van der Waals surface area contributed by atoms with Gasteiger partial charge in [0.1, 0.15) is 5.75 Å². The molecule has 0 unspecified atom stereocenters. The third kappa shape index (κ3) is 2.20. The Kier molecular flexibility index (Phi) is 2.44. The van der Waals surface area contributed by atoms with Crippen molar-refractivity contribution in [1.82, 2.24) is 9.88 Å². The van der Waals surface area contributed by atoms with Crippen LogP contribution in [0, 0.1) is 0 Å². The molecule has 1 aromatic rings. The predicted molar refractivity (Wildman–Crippen MR) is 43.3 cm³/mol. The van der Waals surface area contributed by atoms with Crippen molar-refractivity contribution in [3.05, 3.63) is 24.0 Å². The largest absolute Gasteiger partial charge is 0.506 e. The van der Waals surface area contributed by atoms with Crippen LogP contribution in [0.3, 0.4) is 0 Å². The van der Waals surface area contributed by atoms with Gasteiger partial charge in [0.15, 0.2) is 0 Å². The highest BCUT2D eigenvalue weighted by Crippen LogP contribution is 2.14. The van der Waals surface area contributed by atoms with E-state index in [0.717, 1.165) is 12.1 Å². The van der Waals surface area contributed by atoms with Crippen LogP contribution in [-0.2, 0) is 6.54 Å². The summed E-state index contributed by atoms with van der Waals surface area (Å²) in [4.78, 5) is 5.78. The van der Waals surface area contributed by atoms with Crippen molar-refractivity contribution in [2.24, 2.45) is 0 Å². The van der Waals surface area contributed by atoms with Crippen molar-refractivity contribution < 1.29 is 5.11 Å². The Balaban J connectivity index is 2.78. The highest BCUT2D eigenvalue weighted by atomic mass is 16.3. The molecule has 11 heavy (non-hydrogen) atoms. The SMILES string of the molecule is CN(C)Cc1ccncc1O. The molecule has 0 radical (unpaired) electrons. The van der Waals surface area contributed by atoms with Crippen LogP contribution < -0.4 is 0 Å². The maximum absolute atomic E-state index is 9.27. The number of aromatic nitrogens is 1. The van der Waals surface area contributed by atoms with Crippen LogP contribution in [-0.4, -0.2) is 29.1 Å². The lowest BCUT2D eigenvalue weighted by Crippen LogP contribution is -2.10. The number of nitrogens with zero attached hydrogens (tertiary/aromatic N) is 2. The first-order valence-electron chi connectivity index (χ1n) is 3.46. The Bertz CT molecular complexity index is 235. The monoisotopic (exact) mass is 152 g/mol. The zero-order valence-electron chi connectivity index (χ0n) is 6.78. The Morgan fingerprint density at radius 1 is 1.55 bits per heavy atom. The average Bonchev–Trinajstić information content (AvgIpc) is 1.93. The molecule has 3 nitrogen and oxygen atoms in total. The molecule has 1 N–H and O–H groups in total. The van der Waals surface area contributed by atoms with E-state index in [2.05, 4.69) is 4.98 Å². The Hall–Kier alpha value is -1.09. The molecule has 0 fully saturated rings. The predicted octanol–water partition coefficient (Wildman–Crippen LogP) is 0.849. The summed E-state index contributed by atoms with van der Waals surface area (Å²) < 4.78 is 0. The van der Waals surface area contributed by atoms with Gasteiger partial charge >= 0.3 is 0 Å². The molecule has 0 aliphatic heterocycles. The molecule has 60 valence electrons. The Morgan fingerprint density at radius 2 is 2.27 bits per heavy atom. The topological polar surface area (TPSA) is 36.4 Å². The molecule has 0 atom stereocenters. The lowest BCUT2D eigenvalue weighted by molar-refractivity contribution is 0.385. The molecule has 0 saturated carbocycles. The van der Waals surface area contributed by atoms with E-state index in [9.17, 15) is 5.11 Å². The summed E-state index contributed by atoms with van der Waals surface area (Å²) in [5.41, 5.74) is 0.907. The zero-order valence-corrected chi connectivity index (χ0v) is 6.78. The molecule has 3 heteroatoms. The Morgan fingerprint density at radius 3 is 2.82 bits per heavy atom. The van der Waals surface area contributed by atoms with E-state index in [1.54, 1.807) is 6.20 Å². The fraction of sp³-hybridized carbons (Fsp3) is 0.375. The lowest BCUT2D eigenvalue weighted by atomic mass is 10.2. The molecule has 1 aromatic heterocycles. The summed E-state index contributed by atoms with van der Waals surface area (Å²) in [5, 5.41) is 9.27. The maximum atomic E-state index is 9.27. The summed E-state index contributed by atoms with van der Waals surface area (Å²) in [7, 11) is 3.92. The molecule has 0 aliphatic rings. The molecular formula is C8H12N2O. The van der Waals surface area contributed by atoms with Crippen molar-refractivity contribution in [1.29, 1.82) is 0 Å². The Labute approximate surface area is 66.3 Å². The number of rotatable bonds is 2. The van der Waals surface area contributed by atoms with Gasteiger partial charge in [0, 0.05) is 18.3 Å². The van der Waals surface area contributed by atoms with Crippen molar-refractivity contribution >= 4 is 0 Å². The second-order valence-corrected chi connectivity index (χ2v) is 2.74. The van der Waals surface area contributed by atoms with E-state index in [0.29, 0.717) is 0 Å². The van der Waals surface area contributed by atoms with Crippen LogP contribution >= 0.6 is 0 Å². The fourth-order valence-corrected chi connectivity index (χ4v) is 0.889. The van der Waals surface area contributed by atoms with E-state index in [1.165, 1.54) is 6.20 Å². The summed E-state index contributed by atoms with van der Waals surface area (Å²) in [6.07, 6.45) is 3.14. The third-order valence-corrected chi connectivity index (χ3v) is 1.37. The normalized spacial score (nSPS) is 10.5. The molecular weight excluding hydrogens is 140 g/mol. The minimum Gasteiger partial charge on any atom is -0.506 e. The summed E-state index contributed by atoms with van der Waals surface area (Å²) in [6.45, 7) is 0.744. The van der Waals surface area contributed by atoms with Crippen LogP contribution in [0.1, 0.15) is 5.56 Å². The van der Waals surface area contributed by atoms with Gasteiger partial charge < -0.3 is 10.0 Å². The quantitative estimate of drug-likeness (QED) is 0.682. The van der Waals surface area contributed by atoms with Crippen molar-refractivity contribution in [3.8, 4) is 5.75 Å². The molecule has 0 bridgehead atoms. The van der Waals surface area contributed by atoms with Crippen LogP contribution in [0.25, 0.3) is 0 Å². The van der Waals surface area contributed by atoms with E-state index in [1.807, 2.05) is 25.1 Å². The van der Waals surface area contributed by atoms with E-state index < -0.39 is 0 Å². The molecule has 1 rings (SSSR count).